The SMILES string of the molecule is CN1C(=O)C(Sc2ccc(Cl)cc2)=C(c2ccc(Cl)cc2)C1=O. The maximum absolute atomic E-state index is 12.4. The first-order valence-corrected chi connectivity index (χ1v) is 8.30. The van der Waals surface area contributed by atoms with E-state index in [1.807, 2.05) is 12.1 Å². The fraction of sp³-hybridized carbons (Fsp3) is 0.0588. The summed E-state index contributed by atoms with van der Waals surface area (Å²) >= 11 is 13.0. The molecular weight excluding hydrogens is 353 g/mol. The second-order valence-corrected chi connectivity index (χ2v) is 6.89. The fourth-order valence-electron chi connectivity index (χ4n) is 2.20. The monoisotopic (exact) mass is 363 g/mol. The minimum absolute atomic E-state index is 0.306. The van der Waals surface area contributed by atoms with Gasteiger partial charge in [-0.2, -0.15) is 0 Å². The zero-order valence-corrected chi connectivity index (χ0v) is 14.4. The second kappa shape index (κ2) is 6.40. The highest BCUT2D eigenvalue weighted by Crippen LogP contribution is 2.39. The molecule has 0 atom stereocenters. The van der Waals surface area contributed by atoms with Crippen LogP contribution in [0, 0.1) is 0 Å². The molecule has 2 aromatic carbocycles. The van der Waals surface area contributed by atoms with Gasteiger partial charge in [0.25, 0.3) is 11.8 Å². The van der Waals surface area contributed by atoms with E-state index in [9.17, 15) is 9.59 Å². The lowest BCUT2D eigenvalue weighted by Crippen LogP contribution is -2.26. The van der Waals surface area contributed by atoms with Crippen LogP contribution in [0.25, 0.3) is 5.57 Å². The van der Waals surface area contributed by atoms with Crippen LogP contribution in [-0.4, -0.2) is 23.8 Å². The fourth-order valence-corrected chi connectivity index (χ4v) is 3.49. The largest absolute Gasteiger partial charge is 0.277 e. The van der Waals surface area contributed by atoms with Gasteiger partial charge in [-0.05, 0) is 42.0 Å². The van der Waals surface area contributed by atoms with Crippen LogP contribution in [0.4, 0.5) is 0 Å². The van der Waals surface area contributed by atoms with Crippen molar-refractivity contribution in [3.63, 3.8) is 0 Å². The summed E-state index contributed by atoms with van der Waals surface area (Å²) in [5.74, 6) is -0.617. The van der Waals surface area contributed by atoms with Crippen molar-refractivity contribution in [2.45, 2.75) is 4.90 Å². The highest BCUT2D eigenvalue weighted by atomic mass is 35.5. The van der Waals surface area contributed by atoms with Crippen LogP contribution in [0.1, 0.15) is 5.56 Å². The number of benzene rings is 2. The quantitative estimate of drug-likeness (QED) is 0.753. The maximum Gasteiger partial charge on any atom is 0.268 e. The lowest BCUT2D eigenvalue weighted by Gasteiger charge is -2.06. The van der Waals surface area contributed by atoms with Gasteiger partial charge in [-0.25, -0.2) is 0 Å². The Labute approximate surface area is 147 Å². The number of thioether (sulfide) groups is 1. The van der Waals surface area contributed by atoms with Gasteiger partial charge in [0.2, 0.25) is 0 Å². The summed E-state index contributed by atoms with van der Waals surface area (Å²) in [6.45, 7) is 0. The van der Waals surface area contributed by atoms with Gasteiger partial charge < -0.3 is 0 Å². The van der Waals surface area contributed by atoms with Crippen molar-refractivity contribution in [1.29, 1.82) is 0 Å². The maximum atomic E-state index is 12.4. The Kier molecular flexibility index (Phi) is 4.48. The first-order valence-electron chi connectivity index (χ1n) is 6.73. The van der Waals surface area contributed by atoms with E-state index in [1.54, 1.807) is 36.4 Å². The molecule has 0 saturated heterocycles. The molecule has 116 valence electrons. The van der Waals surface area contributed by atoms with E-state index in [-0.39, 0.29) is 11.8 Å². The van der Waals surface area contributed by atoms with Crippen molar-refractivity contribution in [2.24, 2.45) is 0 Å². The number of carbonyl (C=O) groups excluding carboxylic acids is 2. The van der Waals surface area contributed by atoms with E-state index >= 15 is 0 Å². The molecule has 0 aromatic heterocycles. The van der Waals surface area contributed by atoms with Gasteiger partial charge in [-0.1, -0.05) is 47.1 Å². The molecule has 2 aromatic rings. The number of nitrogens with zero attached hydrogens (tertiary/aromatic N) is 1. The normalized spacial score (nSPS) is 14.8. The van der Waals surface area contributed by atoms with Gasteiger partial charge in [-0.15, -0.1) is 0 Å². The summed E-state index contributed by atoms with van der Waals surface area (Å²) in [7, 11) is 1.48. The van der Waals surface area contributed by atoms with Gasteiger partial charge in [-0.3, -0.25) is 14.5 Å². The molecular formula is C17H11Cl2NO2S. The molecule has 0 fully saturated rings. The Morgan fingerprint density at radius 2 is 1.35 bits per heavy atom. The van der Waals surface area contributed by atoms with Crippen molar-refractivity contribution < 1.29 is 9.59 Å². The van der Waals surface area contributed by atoms with E-state index in [4.69, 9.17) is 23.2 Å². The number of likely N-dealkylation sites (N-methyl/N-ethyl adjacent to an activating group) is 1. The van der Waals surface area contributed by atoms with E-state index in [0.29, 0.717) is 26.1 Å². The molecule has 3 nitrogen and oxygen atoms in total. The molecule has 2 amide bonds. The number of rotatable bonds is 3. The smallest absolute Gasteiger partial charge is 0.268 e. The molecule has 1 aliphatic heterocycles. The third kappa shape index (κ3) is 3.15. The zero-order chi connectivity index (χ0) is 16.6. The number of carbonyl (C=O) groups is 2. The molecule has 0 radical (unpaired) electrons. The van der Waals surface area contributed by atoms with Crippen LogP contribution in [0.2, 0.25) is 10.0 Å². The van der Waals surface area contributed by atoms with Crippen LogP contribution in [0.3, 0.4) is 0 Å². The molecule has 1 heterocycles. The molecule has 0 spiro atoms. The molecule has 23 heavy (non-hydrogen) atoms. The Hall–Kier alpha value is -1.75. The van der Waals surface area contributed by atoms with E-state index in [0.717, 1.165) is 9.80 Å². The summed E-state index contributed by atoms with van der Waals surface area (Å²) in [5.41, 5.74) is 1.07. The highest BCUT2D eigenvalue weighted by Gasteiger charge is 2.37. The minimum Gasteiger partial charge on any atom is -0.277 e. The van der Waals surface area contributed by atoms with Crippen LogP contribution >= 0.6 is 35.0 Å². The highest BCUT2D eigenvalue weighted by molar-refractivity contribution is 8.04. The van der Waals surface area contributed by atoms with Crippen molar-refractivity contribution in [2.75, 3.05) is 7.05 Å². The number of hydrogen-bond donors (Lipinski definition) is 0. The number of amides is 2. The van der Waals surface area contributed by atoms with E-state index in [2.05, 4.69) is 0 Å². The third-order valence-electron chi connectivity index (χ3n) is 3.41. The number of hydrogen-bond acceptors (Lipinski definition) is 3. The molecule has 0 unspecified atom stereocenters. The van der Waals surface area contributed by atoms with Gasteiger partial charge in [0.15, 0.2) is 0 Å². The topological polar surface area (TPSA) is 37.4 Å². The summed E-state index contributed by atoms with van der Waals surface area (Å²) in [6, 6.07) is 14.0. The predicted octanol–water partition coefficient (Wildman–Crippen LogP) is 4.50. The van der Waals surface area contributed by atoms with Crippen molar-refractivity contribution in [3.05, 3.63) is 69.0 Å². The molecule has 0 saturated carbocycles. The first kappa shape index (κ1) is 16.1. The van der Waals surface area contributed by atoms with Gasteiger partial charge in [0, 0.05) is 22.0 Å². The van der Waals surface area contributed by atoms with Crippen LogP contribution in [0.15, 0.2) is 58.3 Å². The number of imide groups is 1. The number of halogens is 2. The van der Waals surface area contributed by atoms with E-state index < -0.39 is 0 Å². The summed E-state index contributed by atoms with van der Waals surface area (Å²) in [6.07, 6.45) is 0. The minimum atomic E-state index is -0.311. The van der Waals surface area contributed by atoms with E-state index in [1.165, 1.54) is 18.8 Å². The van der Waals surface area contributed by atoms with Crippen LogP contribution < -0.4 is 0 Å². The standard InChI is InChI=1S/C17H11Cl2NO2S/c1-20-16(21)14(10-2-4-11(18)5-3-10)15(17(20)22)23-13-8-6-12(19)7-9-13/h2-9H,1H3. The van der Waals surface area contributed by atoms with Crippen LogP contribution in [0.5, 0.6) is 0 Å². The first-order chi connectivity index (χ1) is 11.0. The molecule has 0 bridgehead atoms. The van der Waals surface area contributed by atoms with Crippen molar-refractivity contribution >= 4 is 52.4 Å². The molecule has 0 aliphatic carbocycles. The average Bonchev–Trinajstić information content (AvgIpc) is 2.75. The molecule has 3 rings (SSSR count). The Balaban J connectivity index is 2.06. The lowest BCUT2D eigenvalue weighted by atomic mass is 10.1. The lowest BCUT2D eigenvalue weighted by molar-refractivity contribution is -0.134. The van der Waals surface area contributed by atoms with Crippen LogP contribution in [-0.2, 0) is 9.59 Å². The zero-order valence-electron chi connectivity index (χ0n) is 12.0. The van der Waals surface area contributed by atoms with Crippen molar-refractivity contribution in [1.82, 2.24) is 4.90 Å². The molecule has 0 N–H and O–H groups in total. The van der Waals surface area contributed by atoms with Gasteiger partial charge in [0.1, 0.15) is 0 Å². The predicted molar refractivity (Wildman–Crippen MR) is 93.5 cm³/mol. The molecule has 6 heteroatoms. The van der Waals surface area contributed by atoms with Gasteiger partial charge in [0.05, 0.1) is 10.5 Å². The summed E-state index contributed by atoms with van der Waals surface area (Å²) < 4.78 is 0. The van der Waals surface area contributed by atoms with Gasteiger partial charge >= 0.3 is 0 Å². The Morgan fingerprint density at radius 3 is 1.91 bits per heavy atom. The molecule has 1 aliphatic rings. The Bertz CT molecular complexity index is 813. The summed E-state index contributed by atoms with van der Waals surface area (Å²) in [4.78, 5) is 27.2. The Morgan fingerprint density at radius 1 is 0.826 bits per heavy atom. The average molecular weight is 364 g/mol. The summed E-state index contributed by atoms with van der Waals surface area (Å²) in [5, 5.41) is 1.19. The second-order valence-electron chi connectivity index (χ2n) is 4.94. The third-order valence-corrected chi connectivity index (χ3v) is 5.01. The van der Waals surface area contributed by atoms with Crippen molar-refractivity contribution in [3.8, 4) is 0 Å².